The normalized spacial score (nSPS) is 13.2. The number of nitrogens with zero attached hydrogens (tertiary/aromatic N) is 2. The molecule has 0 saturated heterocycles. The molecule has 2 rings (SSSR count). The molecule has 0 fully saturated rings. The molecule has 3 N–H and O–H groups in total. The van der Waals surface area contributed by atoms with E-state index in [-0.39, 0.29) is 6.04 Å². The van der Waals surface area contributed by atoms with Crippen LogP contribution < -0.4 is 11.1 Å². The van der Waals surface area contributed by atoms with Gasteiger partial charge in [0.2, 0.25) is 0 Å². The predicted octanol–water partition coefficient (Wildman–Crippen LogP) is 2.72. The highest BCUT2D eigenvalue weighted by molar-refractivity contribution is 5.92. The van der Waals surface area contributed by atoms with Crippen LogP contribution >= 0.6 is 0 Å². The van der Waals surface area contributed by atoms with Crippen molar-refractivity contribution in [1.29, 1.82) is 0 Å². The van der Waals surface area contributed by atoms with Crippen LogP contribution in [0.5, 0.6) is 0 Å². The van der Waals surface area contributed by atoms with Gasteiger partial charge in [0.25, 0.3) is 0 Å². The lowest BCUT2D eigenvalue weighted by molar-refractivity contribution is 0.306. The Kier molecular flexibility index (Phi) is 5.35. The van der Waals surface area contributed by atoms with E-state index < -0.39 is 0 Å². The number of hydrogen-bond donors (Lipinski definition) is 2. The van der Waals surface area contributed by atoms with Gasteiger partial charge in [-0.2, -0.15) is 0 Å². The predicted molar refractivity (Wildman–Crippen MR) is 89.4 cm³/mol. The first-order valence-corrected chi connectivity index (χ1v) is 7.00. The van der Waals surface area contributed by atoms with Gasteiger partial charge in [0.05, 0.1) is 12.6 Å². The van der Waals surface area contributed by atoms with Crippen LogP contribution in [0.3, 0.4) is 0 Å². The van der Waals surface area contributed by atoms with Crippen LogP contribution in [0, 0.1) is 0 Å². The third-order valence-corrected chi connectivity index (χ3v) is 3.29. The van der Waals surface area contributed by atoms with Gasteiger partial charge in [-0.1, -0.05) is 48.5 Å². The van der Waals surface area contributed by atoms with E-state index in [9.17, 15) is 0 Å². The average Bonchev–Trinajstić information content (AvgIpc) is 2.49. The van der Waals surface area contributed by atoms with Crippen molar-refractivity contribution in [2.45, 2.75) is 6.04 Å². The van der Waals surface area contributed by atoms with E-state index in [0.29, 0.717) is 12.5 Å². The van der Waals surface area contributed by atoms with Crippen molar-refractivity contribution < 1.29 is 0 Å². The van der Waals surface area contributed by atoms with E-state index in [1.54, 1.807) is 0 Å². The largest absolute Gasteiger partial charge is 0.370 e. The fourth-order valence-electron chi connectivity index (χ4n) is 2.14. The molecule has 2 aromatic carbocycles. The molecule has 0 bridgehead atoms. The molecule has 0 saturated carbocycles. The summed E-state index contributed by atoms with van der Waals surface area (Å²) in [6.45, 7) is 0.614. The third kappa shape index (κ3) is 4.61. The number of nitrogens with two attached hydrogens (primary N) is 1. The zero-order chi connectivity index (χ0) is 15.1. The molecule has 110 valence electrons. The fraction of sp³-hybridized carbons (Fsp3) is 0.235. The molecule has 0 amide bonds. The maximum atomic E-state index is 5.95. The minimum Gasteiger partial charge on any atom is -0.370 e. The molecule has 0 aliphatic carbocycles. The molecule has 0 aliphatic rings. The summed E-state index contributed by atoms with van der Waals surface area (Å²) >= 11 is 0. The van der Waals surface area contributed by atoms with Gasteiger partial charge in [-0.25, -0.2) is 0 Å². The van der Waals surface area contributed by atoms with Crippen molar-refractivity contribution in [3.05, 3.63) is 66.2 Å². The van der Waals surface area contributed by atoms with Crippen LogP contribution in [0.15, 0.2) is 65.7 Å². The smallest absolute Gasteiger partial charge is 0.193 e. The molecule has 1 unspecified atom stereocenters. The number of rotatable bonds is 5. The van der Waals surface area contributed by atoms with Crippen LogP contribution in [-0.4, -0.2) is 31.5 Å². The maximum absolute atomic E-state index is 5.95. The second-order valence-electron chi connectivity index (χ2n) is 5.11. The van der Waals surface area contributed by atoms with Gasteiger partial charge in [0.1, 0.15) is 0 Å². The van der Waals surface area contributed by atoms with E-state index in [1.165, 1.54) is 5.56 Å². The first-order chi connectivity index (χ1) is 10.2. The molecular weight excluding hydrogens is 260 g/mol. The zero-order valence-electron chi connectivity index (χ0n) is 12.5. The summed E-state index contributed by atoms with van der Waals surface area (Å²) in [5.41, 5.74) is 8.13. The lowest BCUT2D eigenvalue weighted by atomic mass is 10.1. The first kappa shape index (κ1) is 15.1. The van der Waals surface area contributed by atoms with Crippen LogP contribution in [-0.2, 0) is 0 Å². The number of aliphatic imine (C=N–C) groups is 1. The van der Waals surface area contributed by atoms with E-state index in [0.717, 1.165) is 5.69 Å². The van der Waals surface area contributed by atoms with Crippen LogP contribution in [0.1, 0.15) is 11.6 Å². The van der Waals surface area contributed by atoms with Crippen LogP contribution in [0.4, 0.5) is 5.69 Å². The van der Waals surface area contributed by atoms with Crippen LogP contribution in [0.2, 0.25) is 0 Å². The van der Waals surface area contributed by atoms with Crippen molar-refractivity contribution in [3.8, 4) is 0 Å². The molecule has 2 aromatic rings. The highest BCUT2D eigenvalue weighted by Crippen LogP contribution is 2.18. The highest BCUT2D eigenvalue weighted by atomic mass is 15.1. The Balaban J connectivity index is 2.03. The molecule has 0 aromatic heterocycles. The number of para-hydroxylation sites is 1. The van der Waals surface area contributed by atoms with E-state index in [2.05, 4.69) is 27.3 Å². The van der Waals surface area contributed by atoms with Crippen molar-refractivity contribution in [3.63, 3.8) is 0 Å². The average molecular weight is 282 g/mol. The van der Waals surface area contributed by atoms with Crippen molar-refractivity contribution >= 4 is 11.6 Å². The van der Waals surface area contributed by atoms with Gasteiger partial charge in [0, 0.05) is 5.69 Å². The standard InChI is InChI=1S/C17H22N4/c1-21(2)16(14-9-5-3-6-10-14)13-19-17(18)20-15-11-7-4-8-12-15/h3-12,16H,13H2,1-2H3,(H3,18,19,20). The Morgan fingerprint density at radius 1 is 1.05 bits per heavy atom. The van der Waals surface area contributed by atoms with Crippen LogP contribution in [0.25, 0.3) is 0 Å². The summed E-state index contributed by atoms with van der Waals surface area (Å²) in [5.74, 6) is 0.434. The lowest BCUT2D eigenvalue weighted by Crippen LogP contribution is -2.27. The second kappa shape index (κ2) is 7.45. The quantitative estimate of drug-likeness (QED) is 0.655. The van der Waals surface area contributed by atoms with Gasteiger partial charge in [-0.15, -0.1) is 0 Å². The van der Waals surface area contributed by atoms with Gasteiger partial charge < -0.3 is 16.0 Å². The molecular formula is C17H22N4. The first-order valence-electron chi connectivity index (χ1n) is 7.00. The van der Waals surface area contributed by atoms with Gasteiger partial charge in [-0.3, -0.25) is 4.99 Å². The summed E-state index contributed by atoms with van der Waals surface area (Å²) in [5, 5.41) is 3.10. The Morgan fingerprint density at radius 3 is 2.19 bits per heavy atom. The number of nitrogens with one attached hydrogen (secondary N) is 1. The molecule has 0 radical (unpaired) electrons. The Morgan fingerprint density at radius 2 is 1.62 bits per heavy atom. The topological polar surface area (TPSA) is 53.6 Å². The number of anilines is 1. The van der Waals surface area contributed by atoms with Crippen molar-refractivity contribution in [2.24, 2.45) is 10.7 Å². The number of benzene rings is 2. The number of hydrogen-bond acceptors (Lipinski definition) is 2. The fourth-order valence-corrected chi connectivity index (χ4v) is 2.14. The molecule has 4 heteroatoms. The van der Waals surface area contributed by atoms with Gasteiger partial charge in [0.15, 0.2) is 5.96 Å². The zero-order valence-corrected chi connectivity index (χ0v) is 12.5. The Labute approximate surface area is 126 Å². The molecule has 0 spiro atoms. The summed E-state index contributed by atoms with van der Waals surface area (Å²) in [6, 6.07) is 20.4. The number of likely N-dealkylation sites (N-methyl/N-ethyl adjacent to an activating group) is 1. The summed E-state index contributed by atoms with van der Waals surface area (Å²) in [7, 11) is 4.10. The maximum Gasteiger partial charge on any atom is 0.193 e. The summed E-state index contributed by atoms with van der Waals surface area (Å²) < 4.78 is 0. The monoisotopic (exact) mass is 282 g/mol. The van der Waals surface area contributed by atoms with Gasteiger partial charge in [-0.05, 0) is 31.8 Å². The Bertz CT molecular complexity index is 564. The SMILES string of the molecule is CN(C)C(CN=C(N)Nc1ccccc1)c1ccccc1. The minimum atomic E-state index is 0.210. The lowest BCUT2D eigenvalue weighted by Gasteiger charge is -2.23. The molecule has 0 aliphatic heterocycles. The van der Waals surface area contributed by atoms with Gasteiger partial charge >= 0.3 is 0 Å². The number of guanidine groups is 1. The molecule has 21 heavy (non-hydrogen) atoms. The Hall–Kier alpha value is -2.33. The highest BCUT2D eigenvalue weighted by Gasteiger charge is 2.13. The minimum absolute atomic E-state index is 0.210. The van der Waals surface area contributed by atoms with Crippen molar-refractivity contribution in [2.75, 3.05) is 26.0 Å². The molecule has 4 nitrogen and oxygen atoms in total. The van der Waals surface area contributed by atoms with Crippen molar-refractivity contribution in [1.82, 2.24) is 4.90 Å². The molecule has 0 heterocycles. The van der Waals surface area contributed by atoms with E-state index in [1.807, 2.05) is 62.6 Å². The third-order valence-electron chi connectivity index (χ3n) is 3.29. The molecule has 1 atom stereocenters. The summed E-state index contributed by atoms with van der Waals surface area (Å²) in [6.07, 6.45) is 0. The second-order valence-corrected chi connectivity index (χ2v) is 5.11. The van der Waals surface area contributed by atoms with E-state index >= 15 is 0 Å². The van der Waals surface area contributed by atoms with E-state index in [4.69, 9.17) is 5.73 Å². The summed E-state index contributed by atoms with van der Waals surface area (Å²) in [4.78, 5) is 6.61.